The number of hydrogen-bond donors (Lipinski definition) is 4. The number of rotatable bonds is 10. The SMILES string of the molecule is CC(C)(C)OC(=O)NC(CCCC(N)c1ccccc1O)C(O)CCc1ccccc1. The van der Waals surface area contributed by atoms with E-state index >= 15 is 0 Å². The molecule has 0 aromatic heterocycles. The maximum atomic E-state index is 12.3. The second kappa shape index (κ2) is 11.7. The first kappa shape index (κ1) is 24.7. The maximum absolute atomic E-state index is 12.3. The van der Waals surface area contributed by atoms with Gasteiger partial charge in [0.15, 0.2) is 0 Å². The summed E-state index contributed by atoms with van der Waals surface area (Å²) in [7, 11) is 0. The minimum Gasteiger partial charge on any atom is -0.508 e. The van der Waals surface area contributed by atoms with Gasteiger partial charge in [0.1, 0.15) is 11.4 Å². The van der Waals surface area contributed by atoms with Gasteiger partial charge in [-0.25, -0.2) is 4.79 Å². The van der Waals surface area contributed by atoms with E-state index in [1.165, 1.54) is 0 Å². The van der Waals surface area contributed by atoms with E-state index in [1.54, 1.807) is 32.9 Å². The Bertz CT molecular complexity index is 805. The lowest BCUT2D eigenvalue weighted by Crippen LogP contribution is -2.45. The van der Waals surface area contributed by atoms with E-state index in [1.807, 2.05) is 42.5 Å². The van der Waals surface area contributed by atoms with Crippen molar-refractivity contribution in [1.82, 2.24) is 5.32 Å². The Morgan fingerprint density at radius 1 is 1.03 bits per heavy atom. The first-order chi connectivity index (χ1) is 14.7. The largest absolute Gasteiger partial charge is 0.508 e. The number of nitrogens with two attached hydrogens (primary N) is 1. The molecule has 0 aliphatic rings. The van der Waals surface area contributed by atoms with Crippen molar-refractivity contribution in [2.45, 2.75) is 76.7 Å². The summed E-state index contributed by atoms with van der Waals surface area (Å²) >= 11 is 0. The number of aryl methyl sites for hydroxylation is 1. The number of para-hydroxylation sites is 1. The predicted molar refractivity (Wildman–Crippen MR) is 123 cm³/mol. The molecule has 0 aliphatic carbocycles. The van der Waals surface area contributed by atoms with Gasteiger partial charge < -0.3 is 26.0 Å². The summed E-state index contributed by atoms with van der Waals surface area (Å²) in [6.45, 7) is 5.41. The van der Waals surface area contributed by atoms with Crippen molar-refractivity contribution in [1.29, 1.82) is 0 Å². The number of carbonyl (C=O) groups excluding carboxylic acids is 1. The highest BCUT2D eigenvalue weighted by Gasteiger charge is 2.25. The molecule has 170 valence electrons. The first-order valence-electron chi connectivity index (χ1n) is 10.9. The standard InChI is InChI=1S/C25H36N2O4/c1-25(2,3)31-24(30)27-21(23(29)17-16-18-10-5-4-6-11-18)14-9-13-20(26)19-12-7-8-15-22(19)28/h4-8,10-12,15,20-21,23,28-29H,9,13-14,16-17,26H2,1-3H3,(H,27,30). The molecule has 1 amide bonds. The van der Waals surface area contributed by atoms with E-state index in [2.05, 4.69) is 5.32 Å². The molecule has 6 heteroatoms. The smallest absolute Gasteiger partial charge is 0.407 e. The molecule has 0 saturated carbocycles. The van der Waals surface area contributed by atoms with E-state index in [0.29, 0.717) is 37.7 Å². The van der Waals surface area contributed by atoms with Gasteiger partial charge in [-0.15, -0.1) is 0 Å². The molecule has 0 radical (unpaired) electrons. The van der Waals surface area contributed by atoms with Gasteiger partial charge in [0.2, 0.25) is 0 Å². The Morgan fingerprint density at radius 2 is 1.68 bits per heavy atom. The Kier molecular flexibility index (Phi) is 9.34. The summed E-state index contributed by atoms with van der Waals surface area (Å²) in [6, 6.07) is 16.2. The number of nitrogens with one attached hydrogen (secondary N) is 1. The number of alkyl carbamates (subject to hydrolysis) is 1. The molecule has 5 N–H and O–H groups in total. The number of phenols is 1. The highest BCUT2D eigenvalue weighted by molar-refractivity contribution is 5.68. The molecule has 0 bridgehead atoms. The van der Waals surface area contributed by atoms with Crippen LogP contribution in [0.3, 0.4) is 0 Å². The second-order valence-corrected chi connectivity index (χ2v) is 8.94. The zero-order valence-corrected chi connectivity index (χ0v) is 18.8. The molecule has 3 unspecified atom stereocenters. The predicted octanol–water partition coefficient (Wildman–Crippen LogP) is 4.45. The first-order valence-corrected chi connectivity index (χ1v) is 10.9. The number of aromatic hydroxyl groups is 1. The Labute approximate surface area is 185 Å². The Hall–Kier alpha value is -2.57. The molecule has 0 fully saturated rings. The van der Waals surface area contributed by atoms with Crippen LogP contribution < -0.4 is 11.1 Å². The lowest BCUT2D eigenvalue weighted by atomic mass is 9.95. The second-order valence-electron chi connectivity index (χ2n) is 8.94. The number of hydrogen-bond acceptors (Lipinski definition) is 5. The molecule has 0 heterocycles. The van der Waals surface area contributed by atoms with Gasteiger partial charge >= 0.3 is 6.09 Å². The summed E-state index contributed by atoms with van der Waals surface area (Å²) in [6.07, 6.45) is 1.84. The van der Waals surface area contributed by atoms with Crippen LogP contribution in [0.15, 0.2) is 54.6 Å². The normalized spacial score (nSPS) is 14.5. The third-order valence-corrected chi connectivity index (χ3v) is 5.10. The van der Waals surface area contributed by atoms with E-state index in [9.17, 15) is 15.0 Å². The van der Waals surface area contributed by atoms with Gasteiger partial charge in [0.05, 0.1) is 12.1 Å². The highest BCUT2D eigenvalue weighted by Crippen LogP contribution is 2.26. The van der Waals surface area contributed by atoms with E-state index in [-0.39, 0.29) is 11.8 Å². The number of aliphatic hydroxyl groups is 1. The average Bonchev–Trinajstić information content (AvgIpc) is 2.71. The van der Waals surface area contributed by atoms with Crippen LogP contribution in [0, 0.1) is 0 Å². The summed E-state index contributed by atoms with van der Waals surface area (Å²) in [5.41, 5.74) is 7.46. The summed E-state index contributed by atoms with van der Waals surface area (Å²) < 4.78 is 5.37. The minimum absolute atomic E-state index is 0.182. The van der Waals surface area contributed by atoms with E-state index < -0.39 is 23.8 Å². The zero-order valence-electron chi connectivity index (χ0n) is 18.8. The molecular weight excluding hydrogens is 392 g/mol. The molecule has 31 heavy (non-hydrogen) atoms. The van der Waals surface area contributed by atoms with E-state index in [4.69, 9.17) is 10.5 Å². The quantitative estimate of drug-likeness (QED) is 0.447. The van der Waals surface area contributed by atoms with Crippen LogP contribution in [0.5, 0.6) is 5.75 Å². The third kappa shape index (κ3) is 8.99. The minimum atomic E-state index is -0.714. The Morgan fingerprint density at radius 3 is 2.32 bits per heavy atom. The van der Waals surface area contributed by atoms with Crippen molar-refractivity contribution in [3.63, 3.8) is 0 Å². The number of benzene rings is 2. The van der Waals surface area contributed by atoms with Crippen molar-refractivity contribution >= 4 is 6.09 Å². The molecule has 2 aromatic rings. The van der Waals surface area contributed by atoms with Gasteiger partial charge in [-0.3, -0.25) is 0 Å². The molecule has 2 aromatic carbocycles. The molecule has 0 saturated heterocycles. The summed E-state index contributed by atoms with van der Waals surface area (Å²) in [5.74, 6) is 0.182. The Balaban J connectivity index is 1.95. The fraction of sp³-hybridized carbons (Fsp3) is 0.480. The third-order valence-electron chi connectivity index (χ3n) is 5.10. The number of amides is 1. The van der Waals surface area contributed by atoms with Crippen molar-refractivity contribution in [2.24, 2.45) is 5.73 Å². The lowest BCUT2D eigenvalue weighted by Gasteiger charge is -2.27. The number of carbonyl (C=O) groups is 1. The van der Waals surface area contributed by atoms with Gasteiger partial charge in [0.25, 0.3) is 0 Å². The topological polar surface area (TPSA) is 105 Å². The van der Waals surface area contributed by atoms with Crippen LogP contribution in [-0.4, -0.2) is 34.1 Å². The molecular formula is C25H36N2O4. The van der Waals surface area contributed by atoms with Crippen molar-refractivity contribution in [2.75, 3.05) is 0 Å². The fourth-order valence-electron chi connectivity index (χ4n) is 3.49. The molecule has 0 spiro atoms. The number of aliphatic hydroxyl groups excluding tert-OH is 1. The van der Waals surface area contributed by atoms with Crippen LogP contribution in [0.1, 0.15) is 63.6 Å². The van der Waals surface area contributed by atoms with Crippen LogP contribution in [0.25, 0.3) is 0 Å². The van der Waals surface area contributed by atoms with Crippen molar-refractivity contribution in [3.8, 4) is 5.75 Å². The average molecular weight is 429 g/mol. The van der Waals surface area contributed by atoms with Crippen LogP contribution in [-0.2, 0) is 11.2 Å². The number of ether oxygens (including phenoxy) is 1. The van der Waals surface area contributed by atoms with E-state index in [0.717, 1.165) is 5.56 Å². The van der Waals surface area contributed by atoms with Gasteiger partial charge in [-0.2, -0.15) is 0 Å². The molecule has 0 aliphatic heterocycles. The molecule has 2 rings (SSSR count). The van der Waals surface area contributed by atoms with Crippen molar-refractivity contribution < 1.29 is 19.7 Å². The van der Waals surface area contributed by atoms with Gasteiger partial charge in [-0.1, -0.05) is 48.5 Å². The summed E-state index contributed by atoms with van der Waals surface area (Å²) in [5, 5.41) is 23.6. The fourth-order valence-corrected chi connectivity index (χ4v) is 3.49. The maximum Gasteiger partial charge on any atom is 0.407 e. The van der Waals surface area contributed by atoms with Crippen LogP contribution in [0.2, 0.25) is 0 Å². The monoisotopic (exact) mass is 428 g/mol. The molecule has 6 nitrogen and oxygen atoms in total. The number of phenolic OH excluding ortho intramolecular Hbond substituents is 1. The molecule has 3 atom stereocenters. The summed E-state index contributed by atoms with van der Waals surface area (Å²) in [4.78, 5) is 12.3. The van der Waals surface area contributed by atoms with Crippen molar-refractivity contribution in [3.05, 3.63) is 65.7 Å². The highest BCUT2D eigenvalue weighted by atomic mass is 16.6. The van der Waals surface area contributed by atoms with Crippen LogP contribution >= 0.6 is 0 Å². The van der Waals surface area contributed by atoms with Crippen LogP contribution in [0.4, 0.5) is 4.79 Å². The zero-order chi connectivity index (χ0) is 22.9. The van der Waals surface area contributed by atoms with Gasteiger partial charge in [0, 0.05) is 11.6 Å². The van der Waals surface area contributed by atoms with Gasteiger partial charge in [-0.05, 0) is 64.5 Å². The lowest BCUT2D eigenvalue weighted by molar-refractivity contribution is 0.0403.